The SMILES string of the molecule is COc1ccc(N([C@H](C)C(=O)Nc2ccccc2C(=O)N2CCOCC2)S(C)(=O)=O)cc1Cl. The molecule has 1 fully saturated rings. The molecular weight excluding hydrogens is 470 g/mol. The van der Waals surface area contributed by atoms with Gasteiger partial charge >= 0.3 is 0 Å². The molecule has 0 bridgehead atoms. The fraction of sp³-hybridized carbons (Fsp3) is 0.364. The zero-order valence-electron chi connectivity index (χ0n) is 18.6. The van der Waals surface area contributed by atoms with Crippen molar-refractivity contribution in [2.45, 2.75) is 13.0 Å². The second kappa shape index (κ2) is 10.4. The number of carbonyl (C=O) groups is 2. The van der Waals surface area contributed by atoms with Crippen LogP contribution in [0.25, 0.3) is 0 Å². The van der Waals surface area contributed by atoms with E-state index in [1.165, 1.54) is 32.2 Å². The first-order valence-electron chi connectivity index (χ1n) is 10.2. The molecule has 0 saturated carbocycles. The van der Waals surface area contributed by atoms with Crippen LogP contribution in [0.1, 0.15) is 17.3 Å². The number of rotatable bonds is 7. The van der Waals surface area contributed by atoms with E-state index in [9.17, 15) is 18.0 Å². The van der Waals surface area contributed by atoms with Crippen LogP contribution in [0.3, 0.4) is 0 Å². The van der Waals surface area contributed by atoms with Gasteiger partial charge in [-0.05, 0) is 37.3 Å². The lowest BCUT2D eigenvalue weighted by Crippen LogP contribution is -2.45. The third-order valence-electron chi connectivity index (χ3n) is 5.19. The number of hydrogen-bond acceptors (Lipinski definition) is 6. The van der Waals surface area contributed by atoms with Gasteiger partial charge in [-0.3, -0.25) is 13.9 Å². The summed E-state index contributed by atoms with van der Waals surface area (Å²) < 4.78 is 36.5. The standard InChI is InChI=1S/C22H26ClN3O6S/c1-15(26(33(3,29)30)16-8-9-20(31-2)18(23)14-16)21(27)24-19-7-5-4-6-17(19)22(28)25-10-12-32-13-11-25/h4-9,14-15H,10-13H2,1-3H3,(H,24,27)/t15-/m1/s1. The molecule has 1 aliphatic rings. The van der Waals surface area contributed by atoms with E-state index in [2.05, 4.69) is 5.32 Å². The van der Waals surface area contributed by atoms with Gasteiger partial charge in [0, 0.05) is 13.1 Å². The molecule has 3 rings (SSSR count). The first kappa shape index (κ1) is 24.8. The zero-order chi connectivity index (χ0) is 24.2. The Balaban J connectivity index is 1.87. The summed E-state index contributed by atoms with van der Waals surface area (Å²) in [6.07, 6.45) is 1.00. The number of nitrogens with one attached hydrogen (secondary N) is 1. The number of carbonyl (C=O) groups excluding carboxylic acids is 2. The maximum Gasteiger partial charge on any atom is 0.256 e. The first-order valence-corrected chi connectivity index (χ1v) is 12.5. The van der Waals surface area contributed by atoms with Crippen molar-refractivity contribution < 1.29 is 27.5 Å². The zero-order valence-corrected chi connectivity index (χ0v) is 20.1. The summed E-state index contributed by atoms with van der Waals surface area (Å²) in [4.78, 5) is 27.7. The summed E-state index contributed by atoms with van der Waals surface area (Å²) in [6.45, 7) is 3.27. The molecule has 33 heavy (non-hydrogen) atoms. The van der Waals surface area contributed by atoms with Crippen molar-refractivity contribution in [3.05, 3.63) is 53.1 Å². The normalized spacial score (nSPS) is 15.0. The summed E-state index contributed by atoms with van der Waals surface area (Å²) >= 11 is 6.17. The number of nitrogens with zero attached hydrogens (tertiary/aromatic N) is 2. The average molecular weight is 496 g/mol. The van der Waals surface area contributed by atoms with Gasteiger partial charge in [-0.25, -0.2) is 8.42 Å². The molecule has 11 heteroatoms. The van der Waals surface area contributed by atoms with Gasteiger partial charge in [0.2, 0.25) is 15.9 Å². The maximum absolute atomic E-state index is 13.1. The molecule has 2 aromatic carbocycles. The summed E-state index contributed by atoms with van der Waals surface area (Å²) in [5.41, 5.74) is 0.828. The number of amides is 2. The smallest absolute Gasteiger partial charge is 0.256 e. The van der Waals surface area contributed by atoms with Gasteiger partial charge in [-0.1, -0.05) is 23.7 Å². The number of methoxy groups -OCH3 is 1. The number of para-hydroxylation sites is 1. The monoisotopic (exact) mass is 495 g/mol. The predicted octanol–water partition coefficient (Wildman–Crippen LogP) is 2.61. The molecule has 9 nitrogen and oxygen atoms in total. The molecule has 0 unspecified atom stereocenters. The van der Waals surface area contributed by atoms with E-state index >= 15 is 0 Å². The Morgan fingerprint density at radius 3 is 2.45 bits per heavy atom. The van der Waals surface area contributed by atoms with Gasteiger partial charge < -0.3 is 19.7 Å². The Labute approximate surface area is 198 Å². The van der Waals surface area contributed by atoms with E-state index in [0.717, 1.165) is 10.6 Å². The fourth-order valence-corrected chi connectivity index (χ4v) is 4.97. The van der Waals surface area contributed by atoms with E-state index in [1.54, 1.807) is 29.2 Å². The molecule has 1 N–H and O–H groups in total. The minimum absolute atomic E-state index is 0.206. The topological polar surface area (TPSA) is 105 Å². The fourth-order valence-electron chi connectivity index (χ4n) is 3.55. The largest absolute Gasteiger partial charge is 0.495 e. The highest BCUT2D eigenvalue weighted by molar-refractivity contribution is 7.92. The minimum Gasteiger partial charge on any atom is -0.495 e. The van der Waals surface area contributed by atoms with Crippen molar-refractivity contribution in [2.24, 2.45) is 0 Å². The molecular formula is C22H26ClN3O6S. The third-order valence-corrected chi connectivity index (χ3v) is 6.73. The molecule has 0 radical (unpaired) electrons. The molecule has 1 heterocycles. The lowest BCUT2D eigenvalue weighted by atomic mass is 10.1. The Hall–Kier alpha value is -2.82. The number of sulfonamides is 1. The van der Waals surface area contributed by atoms with Crippen LogP contribution in [0.5, 0.6) is 5.75 Å². The van der Waals surface area contributed by atoms with Gasteiger partial charge in [0.05, 0.1) is 48.5 Å². The number of hydrogen-bond donors (Lipinski definition) is 1. The summed E-state index contributed by atoms with van der Waals surface area (Å²) in [7, 11) is -2.41. The minimum atomic E-state index is -3.85. The van der Waals surface area contributed by atoms with Crippen LogP contribution < -0.4 is 14.4 Å². The number of anilines is 2. The summed E-state index contributed by atoms with van der Waals surface area (Å²) in [5, 5.41) is 2.91. The number of morpholine rings is 1. The van der Waals surface area contributed by atoms with Crippen LogP contribution in [-0.2, 0) is 19.6 Å². The van der Waals surface area contributed by atoms with Gasteiger partial charge in [0.25, 0.3) is 5.91 Å². The predicted molar refractivity (Wildman–Crippen MR) is 127 cm³/mol. The van der Waals surface area contributed by atoms with Crippen molar-refractivity contribution >= 4 is 44.8 Å². The molecule has 1 aliphatic heterocycles. The van der Waals surface area contributed by atoms with Gasteiger partial charge in [0.1, 0.15) is 11.8 Å². The van der Waals surface area contributed by atoms with Crippen LogP contribution in [0.2, 0.25) is 5.02 Å². The van der Waals surface area contributed by atoms with Crippen LogP contribution in [0, 0.1) is 0 Å². The third kappa shape index (κ3) is 5.76. The Bertz CT molecular complexity index is 1130. The average Bonchev–Trinajstić information content (AvgIpc) is 2.79. The second-order valence-electron chi connectivity index (χ2n) is 7.49. The van der Waals surface area contributed by atoms with E-state index in [0.29, 0.717) is 43.3 Å². The van der Waals surface area contributed by atoms with Crippen molar-refractivity contribution in [3.63, 3.8) is 0 Å². The highest BCUT2D eigenvalue weighted by Crippen LogP contribution is 2.31. The Morgan fingerprint density at radius 2 is 1.85 bits per heavy atom. The van der Waals surface area contributed by atoms with Crippen molar-refractivity contribution in [3.8, 4) is 5.75 Å². The van der Waals surface area contributed by atoms with Crippen LogP contribution in [-0.4, -0.2) is 70.8 Å². The van der Waals surface area contributed by atoms with Crippen LogP contribution >= 0.6 is 11.6 Å². The number of benzene rings is 2. The van der Waals surface area contributed by atoms with E-state index < -0.39 is 22.0 Å². The molecule has 2 amide bonds. The van der Waals surface area contributed by atoms with Gasteiger partial charge in [-0.2, -0.15) is 0 Å². The molecule has 178 valence electrons. The highest BCUT2D eigenvalue weighted by Gasteiger charge is 2.31. The summed E-state index contributed by atoms with van der Waals surface area (Å²) in [5.74, 6) is -0.458. The number of halogens is 1. The quantitative estimate of drug-likeness (QED) is 0.633. The second-order valence-corrected chi connectivity index (χ2v) is 9.76. The number of ether oxygens (including phenoxy) is 2. The van der Waals surface area contributed by atoms with Crippen molar-refractivity contribution in [1.29, 1.82) is 0 Å². The van der Waals surface area contributed by atoms with Gasteiger partial charge in [0.15, 0.2) is 0 Å². The lowest BCUT2D eigenvalue weighted by Gasteiger charge is -2.29. The van der Waals surface area contributed by atoms with Crippen molar-refractivity contribution in [2.75, 3.05) is 49.3 Å². The van der Waals surface area contributed by atoms with E-state index in [-0.39, 0.29) is 16.6 Å². The molecule has 1 saturated heterocycles. The van der Waals surface area contributed by atoms with Crippen molar-refractivity contribution in [1.82, 2.24) is 4.90 Å². The van der Waals surface area contributed by atoms with Gasteiger partial charge in [-0.15, -0.1) is 0 Å². The molecule has 2 aromatic rings. The molecule has 0 aromatic heterocycles. The molecule has 0 aliphatic carbocycles. The van der Waals surface area contributed by atoms with E-state index in [4.69, 9.17) is 21.1 Å². The lowest BCUT2D eigenvalue weighted by molar-refractivity contribution is -0.116. The first-order chi connectivity index (χ1) is 15.6. The Morgan fingerprint density at radius 1 is 1.18 bits per heavy atom. The van der Waals surface area contributed by atoms with Crippen LogP contribution in [0.4, 0.5) is 11.4 Å². The maximum atomic E-state index is 13.1. The summed E-state index contributed by atoms with van der Waals surface area (Å²) in [6, 6.07) is 9.94. The van der Waals surface area contributed by atoms with Crippen LogP contribution in [0.15, 0.2) is 42.5 Å². The Kier molecular flexibility index (Phi) is 7.83. The molecule has 0 spiro atoms. The highest BCUT2D eigenvalue weighted by atomic mass is 35.5. The van der Waals surface area contributed by atoms with E-state index in [1.807, 2.05) is 0 Å². The molecule has 1 atom stereocenters.